The standard InChI is InChI=1S/C26H23ClN4O4/c1-16(32)29-10-9-28-15-17-5-7-20-23(13-17)35-31-26(20)30-21-4-2-3-19(25(21)27)18-6-8-22-24(14-18)34-12-11-33-22/h2-8,13-15H,9-12H2,1H3,(H,29,32)(H,30,31). The maximum absolute atomic E-state index is 10.9. The quantitative estimate of drug-likeness (QED) is 0.272. The number of nitrogens with zero attached hydrogens (tertiary/aromatic N) is 2. The lowest BCUT2D eigenvalue weighted by Crippen LogP contribution is -2.22. The van der Waals surface area contributed by atoms with Gasteiger partial charge in [-0.1, -0.05) is 41.0 Å². The molecular formula is C26H23ClN4O4. The molecule has 1 aliphatic rings. The first-order valence-electron chi connectivity index (χ1n) is 11.2. The summed E-state index contributed by atoms with van der Waals surface area (Å²) in [5, 5.41) is 11.6. The zero-order valence-electron chi connectivity index (χ0n) is 19.0. The molecule has 8 nitrogen and oxygen atoms in total. The molecule has 0 fully saturated rings. The molecule has 1 amide bonds. The van der Waals surface area contributed by atoms with Gasteiger partial charge in [-0.15, -0.1) is 0 Å². The molecule has 1 aliphatic heterocycles. The number of hydrogen-bond donors (Lipinski definition) is 2. The van der Waals surface area contributed by atoms with Gasteiger partial charge in [0.05, 0.1) is 22.6 Å². The van der Waals surface area contributed by atoms with Crippen LogP contribution in [0.2, 0.25) is 5.02 Å². The van der Waals surface area contributed by atoms with E-state index in [2.05, 4.69) is 20.8 Å². The molecule has 2 N–H and O–H groups in total. The highest BCUT2D eigenvalue weighted by Gasteiger charge is 2.16. The van der Waals surface area contributed by atoms with Crippen molar-refractivity contribution in [2.75, 3.05) is 31.6 Å². The molecule has 0 aliphatic carbocycles. The van der Waals surface area contributed by atoms with Crippen molar-refractivity contribution in [3.63, 3.8) is 0 Å². The Labute approximate surface area is 206 Å². The molecule has 0 atom stereocenters. The monoisotopic (exact) mass is 490 g/mol. The lowest BCUT2D eigenvalue weighted by Gasteiger charge is -2.19. The second-order valence-electron chi connectivity index (χ2n) is 7.96. The predicted octanol–water partition coefficient (Wildman–Crippen LogP) is 5.22. The molecule has 0 unspecified atom stereocenters. The van der Waals surface area contributed by atoms with Gasteiger partial charge in [0.25, 0.3) is 0 Å². The number of rotatable bonds is 7. The fourth-order valence-electron chi connectivity index (χ4n) is 3.78. The maximum Gasteiger partial charge on any atom is 0.216 e. The van der Waals surface area contributed by atoms with Crippen LogP contribution in [0.1, 0.15) is 12.5 Å². The third-order valence-electron chi connectivity index (χ3n) is 5.46. The van der Waals surface area contributed by atoms with E-state index >= 15 is 0 Å². The number of carbonyl (C=O) groups is 1. The molecule has 4 aromatic rings. The minimum atomic E-state index is -0.0692. The van der Waals surface area contributed by atoms with Crippen molar-refractivity contribution in [1.29, 1.82) is 0 Å². The number of aromatic nitrogens is 1. The Morgan fingerprint density at radius 1 is 1.11 bits per heavy atom. The highest BCUT2D eigenvalue weighted by Crippen LogP contribution is 2.40. The fourth-order valence-corrected chi connectivity index (χ4v) is 4.06. The number of aliphatic imine (C=N–C) groups is 1. The number of ether oxygens (including phenoxy) is 2. The molecular weight excluding hydrogens is 468 g/mol. The summed E-state index contributed by atoms with van der Waals surface area (Å²) in [4.78, 5) is 15.2. The van der Waals surface area contributed by atoms with Crippen LogP contribution in [0, 0.1) is 0 Å². The van der Waals surface area contributed by atoms with Gasteiger partial charge >= 0.3 is 0 Å². The van der Waals surface area contributed by atoms with Crippen LogP contribution in [0.5, 0.6) is 11.5 Å². The van der Waals surface area contributed by atoms with Gasteiger partial charge in [0.2, 0.25) is 5.91 Å². The summed E-state index contributed by atoms with van der Waals surface area (Å²) >= 11 is 6.79. The highest BCUT2D eigenvalue weighted by atomic mass is 35.5. The van der Waals surface area contributed by atoms with Crippen molar-refractivity contribution >= 4 is 46.2 Å². The van der Waals surface area contributed by atoms with E-state index in [4.69, 9.17) is 25.6 Å². The first-order chi connectivity index (χ1) is 17.1. The van der Waals surface area contributed by atoms with Crippen LogP contribution >= 0.6 is 11.6 Å². The van der Waals surface area contributed by atoms with Crippen molar-refractivity contribution in [3.8, 4) is 22.6 Å². The normalized spacial score (nSPS) is 12.7. The summed E-state index contributed by atoms with van der Waals surface area (Å²) in [5.74, 6) is 1.94. The topological polar surface area (TPSA) is 98.0 Å². The summed E-state index contributed by atoms with van der Waals surface area (Å²) in [6.07, 6.45) is 1.74. The summed E-state index contributed by atoms with van der Waals surface area (Å²) < 4.78 is 16.9. The number of nitrogens with one attached hydrogen (secondary N) is 2. The van der Waals surface area contributed by atoms with Crippen molar-refractivity contribution in [1.82, 2.24) is 10.5 Å². The Hall–Kier alpha value is -4.04. The largest absolute Gasteiger partial charge is 0.486 e. The number of carbonyl (C=O) groups excluding carboxylic acids is 1. The number of anilines is 2. The molecule has 178 valence electrons. The zero-order valence-corrected chi connectivity index (χ0v) is 19.8. The Kier molecular flexibility index (Phi) is 6.54. The lowest BCUT2D eigenvalue weighted by atomic mass is 10.0. The first kappa shape index (κ1) is 22.7. The zero-order chi connectivity index (χ0) is 24.2. The maximum atomic E-state index is 10.9. The summed E-state index contributed by atoms with van der Waals surface area (Å²) in [5.41, 5.74) is 3.99. The van der Waals surface area contributed by atoms with Crippen LogP contribution in [-0.2, 0) is 4.79 Å². The molecule has 0 bridgehead atoms. The average Bonchev–Trinajstić information content (AvgIpc) is 3.26. The molecule has 9 heteroatoms. The smallest absolute Gasteiger partial charge is 0.216 e. The number of fused-ring (bicyclic) bond motifs is 2. The molecule has 5 rings (SSSR count). The Bertz CT molecular complexity index is 1420. The molecule has 0 saturated heterocycles. The minimum Gasteiger partial charge on any atom is -0.486 e. The predicted molar refractivity (Wildman–Crippen MR) is 136 cm³/mol. The van der Waals surface area contributed by atoms with Crippen LogP contribution < -0.4 is 20.1 Å². The molecule has 0 spiro atoms. The van der Waals surface area contributed by atoms with E-state index in [1.54, 1.807) is 6.21 Å². The number of amides is 1. The summed E-state index contributed by atoms with van der Waals surface area (Å²) in [6, 6.07) is 17.3. The SMILES string of the molecule is CC(=O)NCCN=Cc1ccc2c(Nc3cccc(-c4ccc5c(c4)OCCO5)c3Cl)noc2c1. The molecule has 1 aromatic heterocycles. The van der Waals surface area contributed by atoms with E-state index in [0.29, 0.717) is 54.2 Å². The van der Waals surface area contributed by atoms with Gasteiger partial charge in [0, 0.05) is 25.2 Å². The second-order valence-corrected chi connectivity index (χ2v) is 8.33. The van der Waals surface area contributed by atoms with Gasteiger partial charge in [-0.2, -0.15) is 0 Å². The Morgan fingerprint density at radius 3 is 2.83 bits per heavy atom. The van der Waals surface area contributed by atoms with Gasteiger partial charge in [0.15, 0.2) is 22.9 Å². The number of benzene rings is 3. The third-order valence-corrected chi connectivity index (χ3v) is 5.86. The van der Waals surface area contributed by atoms with Crippen molar-refractivity contribution in [3.05, 3.63) is 65.2 Å². The van der Waals surface area contributed by atoms with Gasteiger partial charge < -0.3 is 24.6 Å². The highest BCUT2D eigenvalue weighted by molar-refractivity contribution is 6.36. The second kappa shape index (κ2) is 10.1. The Morgan fingerprint density at radius 2 is 1.97 bits per heavy atom. The molecule has 2 heterocycles. The summed E-state index contributed by atoms with van der Waals surface area (Å²) in [7, 11) is 0. The van der Waals surface area contributed by atoms with Crippen molar-refractivity contribution in [2.45, 2.75) is 6.92 Å². The fraction of sp³-hybridized carbons (Fsp3) is 0.192. The van der Waals surface area contributed by atoms with Gasteiger partial charge in [-0.05, 0) is 41.5 Å². The first-order valence-corrected chi connectivity index (χ1v) is 11.6. The van der Waals surface area contributed by atoms with Gasteiger partial charge in [-0.25, -0.2) is 0 Å². The third kappa shape index (κ3) is 5.07. The minimum absolute atomic E-state index is 0.0692. The van der Waals surface area contributed by atoms with Gasteiger partial charge in [-0.3, -0.25) is 9.79 Å². The van der Waals surface area contributed by atoms with Crippen LogP contribution in [-0.4, -0.2) is 43.6 Å². The molecule has 0 radical (unpaired) electrons. The molecule has 0 saturated carbocycles. The summed E-state index contributed by atoms with van der Waals surface area (Å²) in [6.45, 7) is 3.55. The van der Waals surface area contributed by atoms with Gasteiger partial charge in [0.1, 0.15) is 13.2 Å². The average molecular weight is 491 g/mol. The van der Waals surface area contributed by atoms with E-state index in [0.717, 1.165) is 27.8 Å². The van der Waals surface area contributed by atoms with Crippen LogP contribution in [0.25, 0.3) is 22.1 Å². The van der Waals surface area contributed by atoms with E-state index in [-0.39, 0.29) is 5.91 Å². The van der Waals surface area contributed by atoms with Crippen LogP contribution in [0.15, 0.2) is 64.1 Å². The van der Waals surface area contributed by atoms with E-state index in [1.807, 2.05) is 54.6 Å². The van der Waals surface area contributed by atoms with E-state index in [1.165, 1.54) is 6.92 Å². The molecule has 35 heavy (non-hydrogen) atoms. The van der Waals surface area contributed by atoms with Crippen LogP contribution in [0.3, 0.4) is 0 Å². The number of halogens is 1. The van der Waals surface area contributed by atoms with E-state index in [9.17, 15) is 4.79 Å². The Balaban J connectivity index is 1.35. The van der Waals surface area contributed by atoms with E-state index < -0.39 is 0 Å². The van der Waals surface area contributed by atoms with Crippen molar-refractivity contribution < 1.29 is 18.8 Å². The number of hydrogen-bond acceptors (Lipinski definition) is 7. The lowest BCUT2D eigenvalue weighted by molar-refractivity contribution is -0.118. The molecule has 3 aromatic carbocycles. The van der Waals surface area contributed by atoms with Crippen molar-refractivity contribution in [2.24, 2.45) is 4.99 Å². The van der Waals surface area contributed by atoms with Crippen LogP contribution in [0.4, 0.5) is 11.5 Å².